The van der Waals surface area contributed by atoms with Gasteiger partial charge in [0.1, 0.15) is 5.82 Å². The molecule has 0 bridgehead atoms. The van der Waals surface area contributed by atoms with E-state index in [2.05, 4.69) is 4.90 Å². The molecule has 0 N–H and O–H groups in total. The number of piperazine rings is 1. The lowest BCUT2D eigenvalue weighted by molar-refractivity contribution is -0.150. The summed E-state index contributed by atoms with van der Waals surface area (Å²) in [6, 6.07) is 6.20. The van der Waals surface area contributed by atoms with Crippen LogP contribution in [-0.4, -0.2) is 115 Å². The number of carbonyl (C=O) groups excluding carboxylic acids is 2. The minimum Gasteiger partial charge on any atom is -0.378 e. The molecule has 1 aromatic rings. The fraction of sp³-hybridized carbons (Fsp3) is 0.619. The first-order chi connectivity index (χ1) is 14.6. The lowest BCUT2D eigenvalue weighted by Gasteiger charge is -2.63. The van der Waals surface area contributed by atoms with Crippen molar-refractivity contribution in [3.8, 4) is 0 Å². The number of benzene rings is 1. The zero-order valence-corrected chi connectivity index (χ0v) is 17.0. The second-order valence-corrected chi connectivity index (χ2v) is 8.55. The van der Waals surface area contributed by atoms with Gasteiger partial charge in [-0.25, -0.2) is 9.18 Å². The number of carbonyl (C=O) groups is 2. The molecule has 30 heavy (non-hydrogen) atoms. The largest absolute Gasteiger partial charge is 0.378 e. The molecule has 4 aliphatic rings. The first kappa shape index (κ1) is 19.7. The average molecular weight is 418 g/mol. The van der Waals surface area contributed by atoms with Crippen LogP contribution in [-0.2, 0) is 9.47 Å². The van der Waals surface area contributed by atoms with Crippen LogP contribution in [0.2, 0.25) is 0 Å². The first-order valence-electron chi connectivity index (χ1n) is 10.6. The molecule has 4 heterocycles. The Labute approximate surface area is 175 Å². The van der Waals surface area contributed by atoms with Gasteiger partial charge in [-0.1, -0.05) is 12.1 Å². The van der Waals surface area contributed by atoms with E-state index in [4.69, 9.17) is 9.47 Å². The Bertz CT molecular complexity index is 825. The highest BCUT2D eigenvalue weighted by molar-refractivity contribution is 5.94. The van der Waals surface area contributed by atoms with Crippen molar-refractivity contribution in [3.63, 3.8) is 0 Å². The molecule has 162 valence electrons. The fourth-order valence-corrected chi connectivity index (χ4v) is 5.19. The number of amides is 3. The molecule has 9 heteroatoms. The summed E-state index contributed by atoms with van der Waals surface area (Å²) in [5, 5.41) is 0. The Hall–Kier alpha value is -2.23. The van der Waals surface area contributed by atoms with Gasteiger partial charge in [0.25, 0.3) is 5.91 Å². The van der Waals surface area contributed by atoms with Crippen LogP contribution in [0.15, 0.2) is 24.3 Å². The van der Waals surface area contributed by atoms with Crippen LogP contribution < -0.4 is 0 Å². The summed E-state index contributed by atoms with van der Waals surface area (Å²) in [5.41, 5.74) is -0.200. The van der Waals surface area contributed by atoms with Crippen molar-refractivity contribution in [2.24, 2.45) is 0 Å². The summed E-state index contributed by atoms with van der Waals surface area (Å²) in [6.45, 7) is 6.48. The molecule has 0 radical (unpaired) electrons. The van der Waals surface area contributed by atoms with Crippen molar-refractivity contribution in [1.29, 1.82) is 0 Å². The van der Waals surface area contributed by atoms with E-state index >= 15 is 0 Å². The van der Waals surface area contributed by atoms with Gasteiger partial charge in [-0.3, -0.25) is 9.69 Å². The number of urea groups is 1. The van der Waals surface area contributed by atoms with E-state index in [0.29, 0.717) is 65.7 Å². The number of ether oxygens (including phenoxy) is 2. The third-order valence-corrected chi connectivity index (χ3v) is 6.67. The van der Waals surface area contributed by atoms with Gasteiger partial charge in [0.05, 0.1) is 43.6 Å². The molecule has 0 aromatic heterocycles. The smallest absolute Gasteiger partial charge is 0.320 e. The molecule has 1 atom stereocenters. The lowest BCUT2D eigenvalue weighted by atomic mass is 9.82. The minimum atomic E-state index is -0.503. The SMILES string of the molecule is O=C(c1ccccc1F)N1C[C@@H]2COCCN2C2(C1)CN(C(=O)N1CCOCC1)C2. The molecule has 4 fully saturated rings. The van der Waals surface area contributed by atoms with Gasteiger partial charge < -0.3 is 24.2 Å². The van der Waals surface area contributed by atoms with Crippen LogP contribution in [0.1, 0.15) is 10.4 Å². The van der Waals surface area contributed by atoms with E-state index in [1.807, 2.05) is 9.80 Å². The Kier molecular flexibility index (Phi) is 5.12. The summed E-state index contributed by atoms with van der Waals surface area (Å²) < 4.78 is 25.3. The molecule has 0 saturated carbocycles. The molecule has 8 nitrogen and oxygen atoms in total. The van der Waals surface area contributed by atoms with E-state index in [0.717, 1.165) is 6.54 Å². The van der Waals surface area contributed by atoms with Gasteiger partial charge in [-0.2, -0.15) is 0 Å². The van der Waals surface area contributed by atoms with Crippen LogP contribution >= 0.6 is 0 Å². The van der Waals surface area contributed by atoms with Gasteiger partial charge in [0.15, 0.2) is 0 Å². The number of hydrogen-bond donors (Lipinski definition) is 0. The van der Waals surface area contributed by atoms with Crippen LogP contribution in [0.3, 0.4) is 0 Å². The second kappa shape index (κ2) is 7.79. The summed E-state index contributed by atoms with van der Waals surface area (Å²) in [4.78, 5) is 33.8. The van der Waals surface area contributed by atoms with Gasteiger partial charge in [-0.05, 0) is 12.1 Å². The summed E-state index contributed by atoms with van der Waals surface area (Å²) in [6.07, 6.45) is 0. The summed E-state index contributed by atoms with van der Waals surface area (Å²) in [5.74, 6) is -0.799. The van der Waals surface area contributed by atoms with E-state index in [1.165, 1.54) is 12.1 Å². The standard InChI is InChI=1S/C21H27FN4O4/c22-18-4-2-1-3-17(18)19(27)24-11-16-12-30-10-7-26(16)21(13-24)14-25(15-21)20(28)23-5-8-29-9-6-23/h1-4,16H,5-15H2/t16-/m1/s1. The number of nitrogens with zero attached hydrogens (tertiary/aromatic N) is 4. The van der Waals surface area contributed by atoms with E-state index in [1.54, 1.807) is 17.0 Å². The Morgan fingerprint density at radius 1 is 0.933 bits per heavy atom. The maximum Gasteiger partial charge on any atom is 0.320 e. The van der Waals surface area contributed by atoms with Crippen molar-refractivity contribution >= 4 is 11.9 Å². The number of morpholine rings is 2. The molecule has 3 amide bonds. The topological polar surface area (TPSA) is 65.6 Å². The van der Waals surface area contributed by atoms with Gasteiger partial charge in [-0.15, -0.1) is 0 Å². The molecule has 0 unspecified atom stereocenters. The normalized spacial score (nSPS) is 26.3. The number of fused-ring (bicyclic) bond motifs is 2. The Morgan fingerprint density at radius 3 is 2.40 bits per heavy atom. The van der Waals surface area contributed by atoms with Gasteiger partial charge in [0, 0.05) is 45.8 Å². The summed E-state index contributed by atoms with van der Waals surface area (Å²) in [7, 11) is 0. The predicted octanol–water partition coefficient (Wildman–Crippen LogP) is 0.489. The molecule has 1 aromatic carbocycles. The van der Waals surface area contributed by atoms with Gasteiger partial charge >= 0.3 is 6.03 Å². The fourth-order valence-electron chi connectivity index (χ4n) is 5.19. The molecule has 0 aliphatic carbocycles. The molecule has 4 aliphatic heterocycles. The van der Waals surface area contributed by atoms with Crippen LogP contribution in [0.4, 0.5) is 9.18 Å². The maximum atomic E-state index is 14.2. The van der Waals surface area contributed by atoms with Crippen LogP contribution in [0, 0.1) is 5.82 Å². The molecular formula is C21H27FN4O4. The number of rotatable bonds is 1. The highest BCUT2D eigenvalue weighted by Crippen LogP contribution is 2.36. The summed E-state index contributed by atoms with van der Waals surface area (Å²) >= 11 is 0. The third kappa shape index (κ3) is 3.34. The second-order valence-electron chi connectivity index (χ2n) is 8.55. The zero-order chi connectivity index (χ0) is 20.7. The lowest BCUT2D eigenvalue weighted by Crippen LogP contribution is -2.82. The van der Waals surface area contributed by atoms with Crippen molar-refractivity contribution in [2.75, 3.05) is 72.2 Å². The van der Waals surface area contributed by atoms with E-state index < -0.39 is 5.82 Å². The van der Waals surface area contributed by atoms with Crippen LogP contribution in [0.25, 0.3) is 0 Å². The number of hydrogen-bond acceptors (Lipinski definition) is 5. The third-order valence-electron chi connectivity index (χ3n) is 6.67. The highest BCUT2D eigenvalue weighted by Gasteiger charge is 2.56. The Balaban J connectivity index is 1.34. The van der Waals surface area contributed by atoms with Gasteiger partial charge in [0.2, 0.25) is 0 Å². The van der Waals surface area contributed by atoms with Crippen molar-refractivity contribution in [2.45, 2.75) is 11.6 Å². The molecule has 1 spiro atoms. The van der Waals surface area contributed by atoms with E-state index in [9.17, 15) is 14.0 Å². The minimum absolute atomic E-state index is 0.0336. The molecule has 4 saturated heterocycles. The number of likely N-dealkylation sites (tertiary alicyclic amines) is 1. The zero-order valence-electron chi connectivity index (χ0n) is 17.0. The number of halogens is 1. The first-order valence-corrected chi connectivity index (χ1v) is 10.6. The van der Waals surface area contributed by atoms with Crippen molar-refractivity contribution < 1.29 is 23.5 Å². The molecular weight excluding hydrogens is 391 g/mol. The van der Waals surface area contributed by atoms with E-state index in [-0.39, 0.29) is 29.1 Å². The average Bonchev–Trinajstić information content (AvgIpc) is 2.76. The van der Waals surface area contributed by atoms with Crippen molar-refractivity contribution in [1.82, 2.24) is 19.6 Å². The predicted molar refractivity (Wildman–Crippen MR) is 106 cm³/mol. The molecule has 5 rings (SSSR count). The monoisotopic (exact) mass is 418 g/mol. The highest BCUT2D eigenvalue weighted by atomic mass is 19.1. The maximum absolute atomic E-state index is 14.2. The van der Waals surface area contributed by atoms with Crippen molar-refractivity contribution in [3.05, 3.63) is 35.6 Å². The van der Waals surface area contributed by atoms with Crippen LogP contribution in [0.5, 0.6) is 0 Å². The quantitative estimate of drug-likeness (QED) is 0.664. The Morgan fingerprint density at radius 2 is 1.63 bits per heavy atom.